The molecule has 0 aromatic heterocycles. The molecule has 0 atom stereocenters. The highest BCUT2D eigenvalue weighted by atomic mass is 79.9. The molecule has 150 valence electrons. The number of nitrogens with one attached hydrogen (secondary N) is 3. The maximum absolute atomic E-state index is 12.7. The second-order valence-electron chi connectivity index (χ2n) is 7.39. The number of aryl methyl sites for hydroxylation is 1. The largest absolute Gasteiger partial charge is 0.325 e. The lowest BCUT2D eigenvalue weighted by molar-refractivity contribution is -0.123. The lowest BCUT2D eigenvalue weighted by Crippen LogP contribution is -2.38. The molecule has 0 aliphatic rings. The zero-order valence-electron chi connectivity index (χ0n) is 16.0. The molecule has 0 saturated heterocycles. The van der Waals surface area contributed by atoms with Gasteiger partial charge in [0.25, 0.3) is 5.91 Å². The average Bonchev–Trinajstić information content (AvgIpc) is 2.57. The zero-order valence-corrected chi connectivity index (χ0v) is 19.1. The Morgan fingerprint density at radius 3 is 2.39 bits per heavy atom. The number of rotatable bonds is 5. The number of hydrazine groups is 1. The summed E-state index contributed by atoms with van der Waals surface area (Å²) in [6, 6.07) is 8.65. The lowest BCUT2D eigenvalue weighted by atomic mass is 9.95. The quantitative estimate of drug-likeness (QED) is 0.490. The average molecular weight is 487 g/mol. The molecule has 2 rings (SSSR count). The summed E-state index contributed by atoms with van der Waals surface area (Å²) in [7, 11) is 0. The van der Waals surface area contributed by atoms with Gasteiger partial charge in [0.15, 0.2) is 0 Å². The predicted octanol–water partition coefficient (Wildman–Crippen LogP) is 5.48. The van der Waals surface area contributed by atoms with Crippen LogP contribution in [0.3, 0.4) is 0 Å². The predicted molar refractivity (Wildman–Crippen MR) is 118 cm³/mol. The van der Waals surface area contributed by atoms with Gasteiger partial charge in [-0.2, -0.15) is 0 Å². The fraction of sp³-hybridized carbons (Fsp3) is 0.300. The van der Waals surface area contributed by atoms with Crippen LogP contribution < -0.4 is 16.2 Å². The number of halogens is 3. The van der Waals surface area contributed by atoms with E-state index in [2.05, 4.69) is 32.1 Å². The maximum atomic E-state index is 12.7. The van der Waals surface area contributed by atoms with Crippen molar-refractivity contribution in [1.29, 1.82) is 0 Å². The Bertz CT molecular complexity index is 911. The first-order valence-corrected chi connectivity index (χ1v) is 10.1. The van der Waals surface area contributed by atoms with Crippen LogP contribution in [0.25, 0.3) is 0 Å². The summed E-state index contributed by atoms with van der Waals surface area (Å²) in [6.45, 7) is 7.59. The number of carbonyl (C=O) groups excluding carboxylic acids is 2. The molecule has 0 unspecified atom stereocenters. The molecule has 0 aliphatic heterocycles. The molecule has 0 aliphatic carbocycles. The summed E-state index contributed by atoms with van der Waals surface area (Å²) in [5, 5.41) is 3.91. The van der Waals surface area contributed by atoms with Gasteiger partial charge < -0.3 is 5.32 Å². The van der Waals surface area contributed by atoms with Crippen molar-refractivity contribution in [2.75, 3.05) is 5.32 Å². The van der Waals surface area contributed by atoms with E-state index in [9.17, 15) is 9.59 Å². The number of benzene rings is 2. The number of amides is 2. The summed E-state index contributed by atoms with van der Waals surface area (Å²) in [5.74, 6) is -0.549. The molecule has 0 heterocycles. The van der Waals surface area contributed by atoms with Crippen LogP contribution in [-0.2, 0) is 11.3 Å². The normalized spacial score (nSPS) is 11.2. The van der Waals surface area contributed by atoms with Crippen LogP contribution in [0.1, 0.15) is 42.3 Å². The minimum absolute atomic E-state index is 0.173. The summed E-state index contributed by atoms with van der Waals surface area (Å²) in [5.41, 5.74) is 7.30. The molecule has 0 fully saturated rings. The summed E-state index contributed by atoms with van der Waals surface area (Å²) >= 11 is 15.4. The molecule has 8 heteroatoms. The highest BCUT2D eigenvalue weighted by molar-refractivity contribution is 9.10. The van der Waals surface area contributed by atoms with Crippen molar-refractivity contribution in [3.63, 3.8) is 0 Å². The van der Waals surface area contributed by atoms with Crippen LogP contribution in [0.5, 0.6) is 0 Å². The fourth-order valence-electron chi connectivity index (χ4n) is 2.34. The molecule has 2 aromatic carbocycles. The van der Waals surface area contributed by atoms with Crippen LogP contribution >= 0.6 is 39.1 Å². The minimum atomic E-state index is -0.586. The number of hydrogen-bond donors (Lipinski definition) is 3. The Morgan fingerprint density at radius 1 is 1.11 bits per heavy atom. The van der Waals surface area contributed by atoms with E-state index >= 15 is 0 Å². The Kier molecular flexibility index (Phi) is 7.51. The first-order valence-electron chi connectivity index (χ1n) is 8.58. The van der Waals surface area contributed by atoms with Gasteiger partial charge in [0.1, 0.15) is 0 Å². The van der Waals surface area contributed by atoms with E-state index in [1.165, 1.54) is 0 Å². The Labute approximate surface area is 183 Å². The highest BCUT2D eigenvalue weighted by Crippen LogP contribution is 2.28. The fourth-order valence-corrected chi connectivity index (χ4v) is 3.39. The van der Waals surface area contributed by atoms with Crippen molar-refractivity contribution < 1.29 is 9.59 Å². The lowest BCUT2D eigenvalue weighted by Gasteiger charge is -2.21. The highest BCUT2D eigenvalue weighted by Gasteiger charge is 2.24. The van der Waals surface area contributed by atoms with Gasteiger partial charge in [-0.05, 0) is 42.3 Å². The monoisotopic (exact) mass is 485 g/mol. The van der Waals surface area contributed by atoms with E-state index in [1.54, 1.807) is 24.3 Å². The van der Waals surface area contributed by atoms with Crippen LogP contribution in [0.15, 0.2) is 34.8 Å². The molecule has 28 heavy (non-hydrogen) atoms. The first kappa shape index (κ1) is 22.7. The van der Waals surface area contributed by atoms with Crippen molar-refractivity contribution in [3.05, 3.63) is 61.5 Å². The molecule has 2 amide bonds. The van der Waals surface area contributed by atoms with Crippen LogP contribution in [0.4, 0.5) is 5.69 Å². The Hall–Kier alpha value is -1.60. The molecular weight excluding hydrogens is 465 g/mol. The van der Waals surface area contributed by atoms with Gasteiger partial charge in [0.05, 0.1) is 11.3 Å². The number of hydrogen-bond acceptors (Lipinski definition) is 3. The van der Waals surface area contributed by atoms with E-state index < -0.39 is 5.41 Å². The third kappa shape index (κ3) is 5.95. The molecule has 5 nitrogen and oxygen atoms in total. The molecule has 0 saturated carbocycles. The van der Waals surface area contributed by atoms with Crippen LogP contribution in [0.2, 0.25) is 10.0 Å². The smallest absolute Gasteiger partial charge is 0.267 e. The molecule has 0 bridgehead atoms. The third-order valence-corrected chi connectivity index (χ3v) is 5.01. The zero-order chi connectivity index (χ0) is 21.1. The van der Waals surface area contributed by atoms with Crippen LogP contribution in [-0.4, -0.2) is 11.8 Å². The number of anilines is 1. The Morgan fingerprint density at radius 2 is 1.79 bits per heavy atom. The van der Waals surface area contributed by atoms with E-state index in [0.717, 1.165) is 15.6 Å². The van der Waals surface area contributed by atoms with Gasteiger partial charge in [0, 0.05) is 26.5 Å². The second kappa shape index (κ2) is 9.27. The minimum Gasteiger partial charge on any atom is -0.325 e. The van der Waals surface area contributed by atoms with E-state index in [0.29, 0.717) is 27.8 Å². The Balaban J connectivity index is 2.16. The third-order valence-electron chi connectivity index (χ3n) is 3.96. The second-order valence-corrected chi connectivity index (χ2v) is 9.15. The van der Waals surface area contributed by atoms with Gasteiger partial charge in [0.2, 0.25) is 5.91 Å². The first-order chi connectivity index (χ1) is 13.0. The molecular formula is C20H22BrCl2N3O2. The maximum Gasteiger partial charge on any atom is 0.267 e. The van der Waals surface area contributed by atoms with Gasteiger partial charge in [-0.15, -0.1) is 0 Å². The van der Waals surface area contributed by atoms with Gasteiger partial charge in [-0.1, -0.05) is 66.0 Å². The van der Waals surface area contributed by atoms with Crippen molar-refractivity contribution in [2.24, 2.45) is 5.41 Å². The van der Waals surface area contributed by atoms with Crippen molar-refractivity contribution in [1.82, 2.24) is 10.9 Å². The van der Waals surface area contributed by atoms with Gasteiger partial charge in [-0.3, -0.25) is 15.0 Å². The van der Waals surface area contributed by atoms with Crippen molar-refractivity contribution in [2.45, 2.75) is 34.2 Å². The number of carbonyl (C=O) groups is 2. The summed E-state index contributed by atoms with van der Waals surface area (Å²) in [4.78, 5) is 25.1. The van der Waals surface area contributed by atoms with E-state index in [-0.39, 0.29) is 11.8 Å². The van der Waals surface area contributed by atoms with Crippen LogP contribution in [0, 0.1) is 12.3 Å². The SMILES string of the molecule is Cc1cc(Br)cc(C(=O)NNCc2ccc(Cl)cc2Cl)c1NC(=O)C(C)(C)C. The van der Waals surface area contributed by atoms with E-state index in [4.69, 9.17) is 23.2 Å². The standard InChI is InChI=1S/C20H22BrCl2N3O2/c1-11-7-13(21)8-15(17(11)25-19(28)20(2,3)4)18(27)26-24-10-12-5-6-14(22)9-16(12)23/h5-9,24H,10H2,1-4H3,(H,25,28)(H,26,27). The molecule has 0 spiro atoms. The van der Waals surface area contributed by atoms with Gasteiger partial charge in [-0.25, -0.2) is 5.43 Å². The summed E-state index contributed by atoms with van der Waals surface area (Å²) in [6.07, 6.45) is 0. The molecule has 0 radical (unpaired) electrons. The van der Waals surface area contributed by atoms with Crippen molar-refractivity contribution in [3.8, 4) is 0 Å². The van der Waals surface area contributed by atoms with E-state index in [1.807, 2.05) is 33.8 Å². The van der Waals surface area contributed by atoms with Gasteiger partial charge >= 0.3 is 0 Å². The van der Waals surface area contributed by atoms with Crippen molar-refractivity contribution >= 4 is 56.6 Å². The molecule has 3 N–H and O–H groups in total. The topological polar surface area (TPSA) is 70.2 Å². The molecule has 2 aromatic rings. The summed E-state index contributed by atoms with van der Waals surface area (Å²) < 4.78 is 0.740.